The molecule has 0 aromatic rings. The van der Waals surface area contributed by atoms with Crippen LogP contribution < -0.4 is 11.1 Å². The van der Waals surface area contributed by atoms with Gasteiger partial charge in [-0.05, 0) is 12.8 Å². The minimum absolute atomic E-state index is 0.183. The number of methoxy groups -OCH3 is 1. The number of nitrogens with one attached hydrogen (secondary N) is 1. The summed E-state index contributed by atoms with van der Waals surface area (Å²) in [6.45, 7) is 1.33. The van der Waals surface area contributed by atoms with Crippen LogP contribution in [-0.4, -0.2) is 44.9 Å². The molecule has 0 radical (unpaired) electrons. The summed E-state index contributed by atoms with van der Waals surface area (Å²) in [7, 11) is 1.52. The Morgan fingerprint density at radius 2 is 2.19 bits per heavy atom. The van der Waals surface area contributed by atoms with E-state index in [-0.39, 0.29) is 12.5 Å². The van der Waals surface area contributed by atoms with E-state index in [4.69, 9.17) is 15.2 Å². The molecule has 1 aliphatic rings. The molecule has 1 amide bonds. The number of carbonyl (C=O) groups is 1. The number of rotatable bonds is 7. The van der Waals surface area contributed by atoms with Crippen molar-refractivity contribution in [3.05, 3.63) is 0 Å². The third kappa shape index (κ3) is 4.92. The zero-order valence-electron chi connectivity index (χ0n) is 9.91. The van der Waals surface area contributed by atoms with Crippen LogP contribution in [0.1, 0.15) is 25.7 Å². The van der Waals surface area contributed by atoms with Gasteiger partial charge in [0.2, 0.25) is 5.91 Å². The van der Waals surface area contributed by atoms with Crippen molar-refractivity contribution < 1.29 is 14.3 Å². The van der Waals surface area contributed by atoms with Gasteiger partial charge in [-0.15, -0.1) is 0 Å². The molecule has 1 saturated carbocycles. The van der Waals surface area contributed by atoms with Crippen molar-refractivity contribution in [2.24, 2.45) is 5.73 Å². The van der Waals surface area contributed by atoms with Gasteiger partial charge in [0.1, 0.15) is 6.04 Å². The normalized spacial score (nSPS) is 18.6. The summed E-state index contributed by atoms with van der Waals surface area (Å²) in [5.74, 6) is -0.183. The zero-order chi connectivity index (χ0) is 11.8. The van der Waals surface area contributed by atoms with E-state index in [0.29, 0.717) is 19.3 Å². The molecule has 5 nitrogen and oxygen atoms in total. The Bertz CT molecular complexity index is 205. The molecule has 0 aliphatic heterocycles. The third-order valence-corrected chi connectivity index (χ3v) is 2.74. The molecule has 94 valence electrons. The first kappa shape index (κ1) is 13.4. The lowest BCUT2D eigenvalue weighted by Crippen LogP contribution is -2.44. The second-order valence-electron chi connectivity index (χ2n) is 4.13. The summed E-state index contributed by atoms with van der Waals surface area (Å²) in [5, 5.41) is 2.72. The van der Waals surface area contributed by atoms with E-state index < -0.39 is 6.04 Å². The largest absolute Gasteiger partial charge is 0.383 e. The average molecular weight is 230 g/mol. The Morgan fingerprint density at radius 1 is 1.50 bits per heavy atom. The molecule has 5 heteroatoms. The standard InChI is InChI=1S/C11H22N2O3/c1-15-8-10(12)11(14)13-6-7-16-9-4-2-3-5-9/h9-10H,2-8,12H2,1H3,(H,13,14). The molecule has 1 aliphatic carbocycles. The van der Waals surface area contributed by atoms with Crippen LogP contribution >= 0.6 is 0 Å². The van der Waals surface area contributed by atoms with Crippen molar-refractivity contribution in [2.75, 3.05) is 26.9 Å². The summed E-state index contributed by atoms with van der Waals surface area (Å²) in [5.41, 5.74) is 5.55. The highest BCUT2D eigenvalue weighted by atomic mass is 16.5. The molecule has 1 rings (SSSR count). The number of hydrogen-bond donors (Lipinski definition) is 2. The van der Waals surface area contributed by atoms with Gasteiger partial charge in [0.05, 0.1) is 19.3 Å². The molecular formula is C11H22N2O3. The van der Waals surface area contributed by atoms with Crippen LogP contribution in [0.5, 0.6) is 0 Å². The predicted molar refractivity (Wildman–Crippen MR) is 61.1 cm³/mol. The number of carbonyl (C=O) groups excluding carboxylic acids is 1. The Kier molecular flexibility index (Phi) is 6.37. The first-order chi connectivity index (χ1) is 7.74. The van der Waals surface area contributed by atoms with Crippen LogP contribution in [0.25, 0.3) is 0 Å². The number of nitrogens with two attached hydrogens (primary N) is 1. The van der Waals surface area contributed by atoms with Crippen molar-refractivity contribution in [3.8, 4) is 0 Å². The fourth-order valence-corrected chi connectivity index (χ4v) is 1.84. The highest BCUT2D eigenvalue weighted by molar-refractivity contribution is 5.81. The molecule has 3 N–H and O–H groups in total. The zero-order valence-corrected chi connectivity index (χ0v) is 9.91. The molecule has 0 heterocycles. The minimum atomic E-state index is -0.587. The molecule has 0 aromatic heterocycles. The maximum Gasteiger partial charge on any atom is 0.239 e. The Morgan fingerprint density at radius 3 is 2.81 bits per heavy atom. The summed E-state index contributed by atoms with van der Waals surface area (Å²) >= 11 is 0. The molecule has 1 unspecified atom stereocenters. The van der Waals surface area contributed by atoms with E-state index >= 15 is 0 Å². The van der Waals surface area contributed by atoms with Crippen molar-refractivity contribution in [2.45, 2.75) is 37.8 Å². The first-order valence-electron chi connectivity index (χ1n) is 5.88. The van der Waals surface area contributed by atoms with Crippen LogP contribution in [0.2, 0.25) is 0 Å². The highest BCUT2D eigenvalue weighted by Gasteiger charge is 2.15. The van der Waals surface area contributed by atoms with E-state index in [1.165, 1.54) is 20.0 Å². The molecule has 0 bridgehead atoms. The summed E-state index contributed by atoms with van der Waals surface area (Å²) in [4.78, 5) is 11.4. The average Bonchev–Trinajstić information content (AvgIpc) is 2.77. The fraction of sp³-hybridized carbons (Fsp3) is 0.909. The van der Waals surface area contributed by atoms with Gasteiger partial charge in [0.25, 0.3) is 0 Å². The first-order valence-corrected chi connectivity index (χ1v) is 5.88. The topological polar surface area (TPSA) is 73.6 Å². The van der Waals surface area contributed by atoms with Gasteiger partial charge in [-0.2, -0.15) is 0 Å². The van der Waals surface area contributed by atoms with Crippen LogP contribution in [0, 0.1) is 0 Å². The van der Waals surface area contributed by atoms with Crippen molar-refractivity contribution >= 4 is 5.91 Å². The maximum atomic E-state index is 11.4. The monoisotopic (exact) mass is 230 g/mol. The Labute approximate surface area is 96.7 Å². The minimum Gasteiger partial charge on any atom is -0.383 e. The van der Waals surface area contributed by atoms with E-state index in [1.807, 2.05) is 0 Å². The van der Waals surface area contributed by atoms with Crippen molar-refractivity contribution in [3.63, 3.8) is 0 Å². The lowest BCUT2D eigenvalue weighted by atomic mass is 10.3. The van der Waals surface area contributed by atoms with Crippen molar-refractivity contribution in [1.82, 2.24) is 5.32 Å². The second-order valence-corrected chi connectivity index (χ2v) is 4.13. The third-order valence-electron chi connectivity index (χ3n) is 2.74. The molecule has 0 aromatic carbocycles. The molecule has 0 saturated heterocycles. The number of hydrogen-bond acceptors (Lipinski definition) is 4. The predicted octanol–water partition coefficient (Wildman–Crippen LogP) is 0.0355. The van der Waals surface area contributed by atoms with E-state index in [0.717, 1.165) is 12.8 Å². The van der Waals surface area contributed by atoms with Gasteiger partial charge >= 0.3 is 0 Å². The lowest BCUT2D eigenvalue weighted by Gasteiger charge is -2.13. The molecular weight excluding hydrogens is 208 g/mol. The van der Waals surface area contributed by atoms with Gasteiger partial charge < -0.3 is 20.5 Å². The van der Waals surface area contributed by atoms with E-state index in [2.05, 4.69) is 5.32 Å². The van der Waals surface area contributed by atoms with Crippen molar-refractivity contribution in [1.29, 1.82) is 0 Å². The Hall–Kier alpha value is -0.650. The molecule has 16 heavy (non-hydrogen) atoms. The Balaban J connectivity index is 1.99. The lowest BCUT2D eigenvalue weighted by molar-refractivity contribution is -0.123. The van der Waals surface area contributed by atoms with Gasteiger partial charge in [-0.1, -0.05) is 12.8 Å². The van der Waals surface area contributed by atoms with Gasteiger partial charge in [-0.25, -0.2) is 0 Å². The van der Waals surface area contributed by atoms with Crippen LogP contribution in [0.15, 0.2) is 0 Å². The van der Waals surface area contributed by atoms with E-state index in [9.17, 15) is 4.79 Å². The number of amides is 1. The summed E-state index contributed by atoms with van der Waals surface area (Å²) < 4.78 is 10.4. The SMILES string of the molecule is COCC(N)C(=O)NCCOC1CCCC1. The van der Waals surface area contributed by atoms with Gasteiger partial charge in [0.15, 0.2) is 0 Å². The van der Waals surface area contributed by atoms with Gasteiger partial charge in [-0.3, -0.25) is 4.79 Å². The molecule has 0 spiro atoms. The van der Waals surface area contributed by atoms with E-state index in [1.54, 1.807) is 0 Å². The quantitative estimate of drug-likeness (QED) is 0.605. The van der Waals surface area contributed by atoms with Crippen LogP contribution in [-0.2, 0) is 14.3 Å². The second kappa shape index (κ2) is 7.60. The van der Waals surface area contributed by atoms with Gasteiger partial charge in [0, 0.05) is 13.7 Å². The smallest absolute Gasteiger partial charge is 0.239 e. The maximum absolute atomic E-state index is 11.4. The fourth-order valence-electron chi connectivity index (χ4n) is 1.84. The highest BCUT2D eigenvalue weighted by Crippen LogP contribution is 2.20. The molecule has 1 atom stereocenters. The summed E-state index contributed by atoms with van der Waals surface area (Å²) in [6.07, 6.45) is 5.21. The summed E-state index contributed by atoms with van der Waals surface area (Å²) in [6, 6.07) is -0.587. The van der Waals surface area contributed by atoms with Crippen LogP contribution in [0.3, 0.4) is 0 Å². The van der Waals surface area contributed by atoms with Crippen LogP contribution in [0.4, 0.5) is 0 Å². The molecule has 1 fully saturated rings. The number of ether oxygens (including phenoxy) is 2.